The van der Waals surface area contributed by atoms with Gasteiger partial charge in [-0.1, -0.05) is 13.0 Å². The lowest BCUT2D eigenvalue weighted by molar-refractivity contribution is 0.107. The molecule has 2 nitrogen and oxygen atoms in total. The number of nitrogens with two attached hydrogens (primary N) is 1. The van der Waals surface area contributed by atoms with Crippen LogP contribution in [0.4, 0.5) is 4.39 Å². The van der Waals surface area contributed by atoms with Gasteiger partial charge in [-0.2, -0.15) is 0 Å². The van der Waals surface area contributed by atoms with Crippen LogP contribution in [0.25, 0.3) is 0 Å². The molecule has 0 heterocycles. The molecule has 0 bridgehead atoms. The molecule has 1 aliphatic rings. The van der Waals surface area contributed by atoms with Crippen LogP contribution in [0, 0.1) is 18.7 Å². The maximum Gasteiger partial charge on any atom is 0.129 e. The molecular formula is C14H20FNO. The molecule has 2 N–H and O–H groups in total. The highest BCUT2D eigenvalue weighted by Crippen LogP contribution is 2.27. The van der Waals surface area contributed by atoms with Gasteiger partial charge in [0.2, 0.25) is 0 Å². The highest BCUT2D eigenvalue weighted by Gasteiger charge is 2.27. The third kappa shape index (κ3) is 2.97. The molecule has 1 saturated carbocycles. The van der Waals surface area contributed by atoms with Crippen molar-refractivity contribution in [2.45, 2.75) is 45.3 Å². The van der Waals surface area contributed by atoms with Crippen LogP contribution in [0.2, 0.25) is 0 Å². The minimum atomic E-state index is -0.222. The zero-order chi connectivity index (χ0) is 12.4. The third-order valence-electron chi connectivity index (χ3n) is 3.54. The average molecular weight is 237 g/mol. The lowest BCUT2D eigenvalue weighted by Crippen LogP contribution is -2.43. The van der Waals surface area contributed by atoms with E-state index in [0.29, 0.717) is 17.2 Å². The summed E-state index contributed by atoms with van der Waals surface area (Å²) in [5.74, 6) is 0.998. The molecule has 0 amide bonds. The number of halogens is 1. The summed E-state index contributed by atoms with van der Waals surface area (Å²) >= 11 is 0. The van der Waals surface area contributed by atoms with E-state index in [2.05, 4.69) is 6.92 Å². The van der Waals surface area contributed by atoms with Crippen LogP contribution in [-0.2, 0) is 0 Å². The monoisotopic (exact) mass is 237 g/mol. The Kier molecular flexibility index (Phi) is 3.67. The molecule has 1 aliphatic carbocycles. The fourth-order valence-electron chi connectivity index (χ4n) is 2.31. The van der Waals surface area contributed by atoms with Gasteiger partial charge in [0, 0.05) is 12.1 Å². The van der Waals surface area contributed by atoms with Crippen molar-refractivity contribution in [2.24, 2.45) is 11.7 Å². The first-order valence-electron chi connectivity index (χ1n) is 6.24. The molecule has 0 aliphatic heterocycles. The fraction of sp³-hybridized carbons (Fsp3) is 0.571. The molecule has 17 heavy (non-hydrogen) atoms. The van der Waals surface area contributed by atoms with E-state index in [0.717, 1.165) is 19.3 Å². The molecular weight excluding hydrogens is 217 g/mol. The van der Waals surface area contributed by atoms with Gasteiger partial charge in [0.05, 0.1) is 0 Å². The van der Waals surface area contributed by atoms with Gasteiger partial charge < -0.3 is 10.5 Å². The predicted octanol–water partition coefficient (Wildman–Crippen LogP) is 3.03. The highest BCUT2D eigenvalue weighted by molar-refractivity contribution is 5.28. The second-order valence-corrected chi connectivity index (χ2v) is 5.15. The van der Waals surface area contributed by atoms with Gasteiger partial charge in [0.1, 0.15) is 17.7 Å². The van der Waals surface area contributed by atoms with Gasteiger partial charge in [0.15, 0.2) is 0 Å². The van der Waals surface area contributed by atoms with E-state index >= 15 is 0 Å². The van der Waals surface area contributed by atoms with E-state index in [4.69, 9.17) is 10.5 Å². The van der Waals surface area contributed by atoms with Crippen LogP contribution < -0.4 is 10.5 Å². The van der Waals surface area contributed by atoms with Crippen LogP contribution in [0.3, 0.4) is 0 Å². The molecule has 94 valence electrons. The zero-order valence-electron chi connectivity index (χ0n) is 10.4. The summed E-state index contributed by atoms with van der Waals surface area (Å²) in [5, 5.41) is 0. The van der Waals surface area contributed by atoms with Crippen molar-refractivity contribution in [2.75, 3.05) is 0 Å². The minimum Gasteiger partial charge on any atom is -0.489 e. The van der Waals surface area contributed by atoms with Crippen LogP contribution in [0.5, 0.6) is 5.75 Å². The molecule has 0 aromatic heterocycles. The zero-order valence-corrected chi connectivity index (χ0v) is 10.4. The molecule has 0 spiro atoms. The molecule has 3 heteroatoms. The molecule has 3 unspecified atom stereocenters. The van der Waals surface area contributed by atoms with E-state index in [1.807, 2.05) is 6.07 Å². The Morgan fingerprint density at radius 3 is 2.82 bits per heavy atom. The number of rotatable bonds is 2. The molecule has 1 aromatic rings. The summed E-state index contributed by atoms with van der Waals surface area (Å²) in [6.07, 6.45) is 3.11. The SMILES string of the molecule is Cc1ccc(OC2CC(C)CCC2N)cc1F. The van der Waals surface area contributed by atoms with Crippen molar-refractivity contribution in [3.63, 3.8) is 0 Å². The number of ether oxygens (including phenoxy) is 1. The van der Waals surface area contributed by atoms with Crippen molar-refractivity contribution in [1.29, 1.82) is 0 Å². The Bertz CT molecular complexity index is 394. The Morgan fingerprint density at radius 2 is 2.12 bits per heavy atom. The summed E-state index contributed by atoms with van der Waals surface area (Å²) in [6.45, 7) is 3.95. The first-order chi connectivity index (χ1) is 8.06. The highest BCUT2D eigenvalue weighted by atomic mass is 19.1. The average Bonchev–Trinajstić information content (AvgIpc) is 2.29. The van der Waals surface area contributed by atoms with Crippen LogP contribution in [0.15, 0.2) is 18.2 Å². The van der Waals surface area contributed by atoms with Crippen molar-refractivity contribution in [1.82, 2.24) is 0 Å². The maximum atomic E-state index is 13.4. The standard InChI is InChI=1S/C14H20FNO/c1-9-3-6-13(16)14(7-9)17-11-5-4-10(2)12(15)8-11/h4-5,8-9,13-14H,3,6-7,16H2,1-2H3. The quantitative estimate of drug-likeness (QED) is 0.858. The first kappa shape index (κ1) is 12.4. The van der Waals surface area contributed by atoms with E-state index in [9.17, 15) is 4.39 Å². The Balaban J connectivity index is 2.06. The largest absolute Gasteiger partial charge is 0.489 e. The van der Waals surface area contributed by atoms with Gasteiger partial charge >= 0.3 is 0 Å². The van der Waals surface area contributed by atoms with Crippen LogP contribution in [-0.4, -0.2) is 12.1 Å². The topological polar surface area (TPSA) is 35.2 Å². The lowest BCUT2D eigenvalue weighted by atomic mass is 9.85. The summed E-state index contributed by atoms with van der Waals surface area (Å²) in [7, 11) is 0. The van der Waals surface area contributed by atoms with Gasteiger partial charge in [-0.05, 0) is 43.7 Å². The van der Waals surface area contributed by atoms with Crippen molar-refractivity contribution < 1.29 is 9.13 Å². The molecule has 0 saturated heterocycles. The molecule has 0 radical (unpaired) electrons. The van der Waals surface area contributed by atoms with Crippen molar-refractivity contribution in [3.8, 4) is 5.75 Å². The van der Waals surface area contributed by atoms with Gasteiger partial charge in [0.25, 0.3) is 0 Å². The maximum absolute atomic E-state index is 13.4. The Hall–Kier alpha value is -1.09. The van der Waals surface area contributed by atoms with Gasteiger partial charge in [-0.25, -0.2) is 4.39 Å². The molecule has 1 aromatic carbocycles. The van der Waals surface area contributed by atoms with E-state index in [1.165, 1.54) is 6.07 Å². The van der Waals surface area contributed by atoms with Gasteiger partial charge in [-0.15, -0.1) is 0 Å². The van der Waals surface area contributed by atoms with Crippen LogP contribution in [0.1, 0.15) is 31.7 Å². The predicted molar refractivity (Wildman–Crippen MR) is 66.5 cm³/mol. The third-order valence-corrected chi connectivity index (χ3v) is 3.54. The van der Waals surface area contributed by atoms with Crippen LogP contribution >= 0.6 is 0 Å². The summed E-state index contributed by atoms with van der Waals surface area (Å²) in [5.41, 5.74) is 6.68. The smallest absolute Gasteiger partial charge is 0.129 e. The lowest BCUT2D eigenvalue weighted by Gasteiger charge is -2.32. The van der Waals surface area contributed by atoms with E-state index in [1.54, 1.807) is 13.0 Å². The Labute approximate surface area is 102 Å². The molecule has 2 rings (SSSR count). The second-order valence-electron chi connectivity index (χ2n) is 5.15. The number of hydrogen-bond acceptors (Lipinski definition) is 2. The summed E-state index contributed by atoms with van der Waals surface area (Å²) in [6, 6.07) is 5.06. The molecule has 3 atom stereocenters. The van der Waals surface area contributed by atoms with Crippen molar-refractivity contribution in [3.05, 3.63) is 29.6 Å². The second kappa shape index (κ2) is 5.05. The minimum absolute atomic E-state index is 0.0147. The number of benzene rings is 1. The normalized spacial score (nSPS) is 29.1. The molecule has 1 fully saturated rings. The van der Waals surface area contributed by atoms with Crippen molar-refractivity contribution >= 4 is 0 Å². The number of hydrogen-bond donors (Lipinski definition) is 1. The fourth-order valence-corrected chi connectivity index (χ4v) is 2.31. The first-order valence-corrected chi connectivity index (χ1v) is 6.24. The van der Waals surface area contributed by atoms with E-state index in [-0.39, 0.29) is 18.0 Å². The number of aryl methyl sites for hydroxylation is 1. The summed E-state index contributed by atoms with van der Waals surface area (Å²) in [4.78, 5) is 0. The Morgan fingerprint density at radius 1 is 1.35 bits per heavy atom. The summed E-state index contributed by atoms with van der Waals surface area (Å²) < 4.78 is 19.2. The van der Waals surface area contributed by atoms with Gasteiger partial charge in [-0.3, -0.25) is 0 Å². The van der Waals surface area contributed by atoms with E-state index < -0.39 is 0 Å².